The minimum absolute atomic E-state index is 0.279. The Hall–Kier alpha value is 0.716. The van der Waals surface area contributed by atoms with Gasteiger partial charge in [0.2, 0.25) is 0 Å². The van der Waals surface area contributed by atoms with Crippen LogP contribution in [0, 0.1) is 0 Å². The van der Waals surface area contributed by atoms with Crippen molar-refractivity contribution in [3.05, 3.63) is 10.2 Å². The molecule has 0 bridgehead atoms. The monoisotopic (exact) mass is 476 g/mol. The predicted octanol–water partition coefficient (Wildman–Crippen LogP) is 8.34. The summed E-state index contributed by atoms with van der Waals surface area (Å²) in [6.45, 7) is 21.1. The van der Waals surface area contributed by atoms with E-state index in [0.717, 1.165) is 0 Å². The van der Waals surface area contributed by atoms with Gasteiger partial charge in [0.25, 0.3) is 0 Å². The van der Waals surface area contributed by atoms with Crippen molar-refractivity contribution in [3.8, 4) is 0 Å². The van der Waals surface area contributed by atoms with Gasteiger partial charge in [0.1, 0.15) is 0 Å². The van der Waals surface area contributed by atoms with E-state index in [1.807, 2.05) is 0 Å². The third kappa shape index (κ3) is 10.00. The fourth-order valence-electron chi connectivity index (χ4n) is 3.23. The van der Waals surface area contributed by atoms with Gasteiger partial charge in [0, 0.05) is 0 Å². The summed E-state index contributed by atoms with van der Waals surface area (Å²) >= 11 is -2.15. The summed E-state index contributed by atoms with van der Waals surface area (Å²) in [6.07, 6.45) is 11.1. The number of hydrogen-bond acceptors (Lipinski definition) is 1. The topological polar surface area (TPSA) is 9.23 Å². The number of hydrogen-bond donors (Lipinski definition) is 0. The molecule has 0 heterocycles. The summed E-state index contributed by atoms with van der Waals surface area (Å²) in [5.41, 5.74) is 0. The first-order valence-corrected chi connectivity index (χ1v) is 21.5. The second-order valence-electron chi connectivity index (χ2n) is 9.62. The van der Waals surface area contributed by atoms with Gasteiger partial charge in [-0.25, -0.2) is 0 Å². The Morgan fingerprint density at radius 2 is 1.28 bits per heavy atom. The standard InChI is InChI=1S/C10H21OSi.3C4H9.Sn/c1-8-9(2)11-12(6,7)10(3,4)5;3*1-3-4-2;/h1,8-9H,2-7H3;3*1,3-4H2,2H3;. The first-order valence-electron chi connectivity index (χ1n) is 10.9. The Balaban J connectivity index is 5.19. The molecule has 0 aliphatic heterocycles. The zero-order valence-corrected chi connectivity index (χ0v) is 22.9. The van der Waals surface area contributed by atoms with Gasteiger partial charge in [0.15, 0.2) is 0 Å². The van der Waals surface area contributed by atoms with Crippen molar-refractivity contribution in [2.75, 3.05) is 0 Å². The Kier molecular flexibility index (Phi) is 12.6. The fraction of sp³-hybridized carbons (Fsp3) is 0.909. The van der Waals surface area contributed by atoms with E-state index in [4.69, 9.17) is 4.43 Å². The van der Waals surface area contributed by atoms with Gasteiger partial charge in [-0.3, -0.25) is 0 Å². The molecule has 1 atom stereocenters. The molecule has 0 spiro atoms. The molecule has 0 aliphatic carbocycles. The van der Waals surface area contributed by atoms with Gasteiger partial charge in [-0.1, -0.05) is 0 Å². The maximum atomic E-state index is 6.60. The van der Waals surface area contributed by atoms with Crippen LogP contribution in [0.25, 0.3) is 0 Å². The van der Waals surface area contributed by atoms with Crippen LogP contribution in [0.4, 0.5) is 0 Å². The average Bonchev–Trinajstić information content (AvgIpc) is 2.52. The predicted molar refractivity (Wildman–Crippen MR) is 122 cm³/mol. The van der Waals surface area contributed by atoms with Crippen LogP contribution in [0.1, 0.15) is 87.0 Å². The third-order valence-corrected chi connectivity index (χ3v) is 24.8. The molecule has 1 unspecified atom stereocenters. The molecule has 0 saturated heterocycles. The second kappa shape index (κ2) is 12.2. The van der Waals surface area contributed by atoms with Crippen LogP contribution >= 0.6 is 0 Å². The van der Waals surface area contributed by atoms with E-state index in [1.165, 1.54) is 38.5 Å². The molecule has 150 valence electrons. The minimum atomic E-state index is -2.15. The zero-order chi connectivity index (χ0) is 19.6. The molecule has 0 N–H and O–H groups in total. The van der Waals surface area contributed by atoms with Crippen molar-refractivity contribution < 1.29 is 4.43 Å². The summed E-state index contributed by atoms with van der Waals surface area (Å²) in [5, 5.41) is 0.294. The van der Waals surface area contributed by atoms with Crippen LogP contribution in [-0.4, -0.2) is 32.8 Å². The van der Waals surface area contributed by atoms with E-state index >= 15 is 0 Å². The first kappa shape index (κ1) is 25.7. The van der Waals surface area contributed by atoms with Crippen LogP contribution in [0.15, 0.2) is 10.2 Å². The normalized spacial score (nSPS) is 15.1. The summed E-state index contributed by atoms with van der Waals surface area (Å²) in [5.74, 6) is 0. The number of rotatable bonds is 13. The van der Waals surface area contributed by atoms with Crippen molar-refractivity contribution in [3.63, 3.8) is 0 Å². The van der Waals surface area contributed by atoms with E-state index in [2.05, 4.69) is 71.7 Å². The summed E-state index contributed by atoms with van der Waals surface area (Å²) in [7, 11) is -1.67. The van der Waals surface area contributed by atoms with Gasteiger partial charge in [-0.05, 0) is 0 Å². The van der Waals surface area contributed by atoms with Gasteiger partial charge < -0.3 is 0 Å². The Morgan fingerprint density at radius 1 is 0.880 bits per heavy atom. The molecular weight excluding hydrogens is 427 g/mol. The van der Waals surface area contributed by atoms with Crippen molar-refractivity contribution in [2.24, 2.45) is 0 Å². The Bertz CT molecular complexity index is 349. The second-order valence-corrected chi connectivity index (χ2v) is 27.4. The molecule has 0 aliphatic rings. The molecule has 25 heavy (non-hydrogen) atoms. The maximum absolute atomic E-state index is 6.60. The SMILES string of the molecule is CCC[CH2][Sn](/[CH]=C/C(C)O[Si](C)(C)C(C)(C)C)([CH2]CCC)[CH2]CCC. The molecule has 0 aromatic rings. The van der Waals surface area contributed by atoms with E-state index < -0.39 is 26.7 Å². The quantitative estimate of drug-likeness (QED) is 0.243. The van der Waals surface area contributed by atoms with Crippen LogP contribution in [0.3, 0.4) is 0 Å². The summed E-state index contributed by atoms with van der Waals surface area (Å²) in [4.78, 5) is 0. The van der Waals surface area contributed by atoms with Crippen molar-refractivity contribution in [1.29, 1.82) is 0 Å². The number of unbranched alkanes of at least 4 members (excludes halogenated alkanes) is 3. The molecule has 0 aromatic carbocycles. The van der Waals surface area contributed by atoms with Crippen LogP contribution < -0.4 is 0 Å². The van der Waals surface area contributed by atoms with Gasteiger partial charge in [0.05, 0.1) is 0 Å². The van der Waals surface area contributed by atoms with Crippen LogP contribution in [0.5, 0.6) is 0 Å². The van der Waals surface area contributed by atoms with Crippen LogP contribution in [-0.2, 0) is 4.43 Å². The van der Waals surface area contributed by atoms with Crippen molar-refractivity contribution in [1.82, 2.24) is 0 Å². The van der Waals surface area contributed by atoms with Gasteiger partial charge in [-0.15, -0.1) is 0 Å². The Labute approximate surface area is 165 Å². The van der Waals surface area contributed by atoms with E-state index in [-0.39, 0.29) is 6.10 Å². The third-order valence-electron chi connectivity index (χ3n) is 6.09. The Morgan fingerprint density at radius 3 is 1.60 bits per heavy atom. The molecule has 0 saturated carbocycles. The zero-order valence-electron chi connectivity index (χ0n) is 19.0. The average molecular weight is 475 g/mol. The molecule has 1 nitrogen and oxygen atoms in total. The molecule has 3 heteroatoms. The van der Waals surface area contributed by atoms with Crippen molar-refractivity contribution >= 4 is 26.7 Å². The fourth-order valence-corrected chi connectivity index (χ4v) is 19.2. The van der Waals surface area contributed by atoms with Gasteiger partial charge in [-0.2, -0.15) is 0 Å². The van der Waals surface area contributed by atoms with E-state index in [1.54, 1.807) is 13.3 Å². The molecule has 0 aromatic heterocycles. The summed E-state index contributed by atoms with van der Waals surface area (Å²) < 4.78 is 14.0. The molecule has 0 amide bonds. The van der Waals surface area contributed by atoms with E-state index in [0.29, 0.717) is 5.04 Å². The first-order chi connectivity index (χ1) is 11.5. The molecule has 0 fully saturated rings. The van der Waals surface area contributed by atoms with Crippen LogP contribution in [0.2, 0.25) is 31.4 Å². The summed E-state index contributed by atoms with van der Waals surface area (Å²) in [6, 6.07) is 0. The molecular formula is C22H48OSiSn. The van der Waals surface area contributed by atoms with Crippen molar-refractivity contribution in [2.45, 2.75) is 125 Å². The molecule has 0 rings (SSSR count). The molecule has 0 radical (unpaired) electrons. The van der Waals surface area contributed by atoms with E-state index in [9.17, 15) is 0 Å². The van der Waals surface area contributed by atoms with Gasteiger partial charge >= 0.3 is 166 Å².